The first-order valence-corrected chi connectivity index (χ1v) is 7.70. The molecular formula is C18H18ClNO2. The van der Waals surface area contributed by atoms with Crippen LogP contribution in [0.4, 0.5) is 0 Å². The molecule has 3 rings (SSSR count). The zero-order valence-corrected chi connectivity index (χ0v) is 13.2. The molecule has 4 heteroatoms. The van der Waals surface area contributed by atoms with Crippen LogP contribution >= 0.6 is 11.6 Å². The minimum Gasteiger partial charge on any atom is -0.357 e. The van der Waals surface area contributed by atoms with Gasteiger partial charge in [0.15, 0.2) is 5.78 Å². The van der Waals surface area contributed by atoms with Crippen LogP contribution in [0.25, 0.3) is 0 Å². The third-order valence-corrected chi connectivity index (χ3v) is 4.32. The minimum atomic E-state index is -0.0794. The lowest BCUT2D eigenvalue weighted by Crippen LogP contribution is -2.31. The molecule has 1 aliphatic heterocycles. The van der Waals surface area contributed by atoms with Gasteiger partial charge >= 0.3 is 0 Å². The third kappa shape index (κ3) is 3.22. The maximum Gasteiger partial charge on any atom is 0.164 e. The topological polar surface area (TPSA) is 29.5 Å². The van der Waals surface area contributed by atoms with Crippen LogP contribution in [0.1, 0.15) is 28.6 Å². The van der Waals surface area contributed by atoms with E-state index < -0.39 is 0 Å². The predicted molar refractivity (Wildman–Crippen MR) is 87.1 cm³/mol. The van der Waals surface area contributed by atoms with E-state index >= 15 is 0 Å². The lowest BCUT2D eigenvalue weighted by molar-refractivity contribution is 0.0430. The highest BCUT2D eigenvalue weighted by Crippen LogP contribution is 2.30. The number of ether oxygens (including phenoxy) is 1. The SMILES string of the molecule is CN1[C@H](CC(=O)c2ccc(Cl)cc2)CO[C@H]1c1ccccc1. The summed E-state index contributed by atoms with van der Waals surface area (Å²) < 4.78 is 5.87. The van der Waals surface area contributed by atoms with Crippen molar-refractivity contribution in [2.45, 2.75) is 18.7 Å². The van der Waals surface area contributed by atoms with Gasteiger partial charge in [-0.05, 0) is 36.9 Å². The van der Waals surface area contributed by atoms with E-state index in [4.69, 9.17) is 16.3 Å². The van der Waals surface area contributed by atoms with Crippen LogP contribution in [0.5, 0.6) is 0 Å². The molecule has 22 heavy (non-hydrogen) atoms. The minimum absolute atomic E-state index is 0.0794. The van der Waals surface area contributed by atoms with Crippen molar-refractivity contribution in [2.24, 2.45) is 0 Å². The first-order chi connectivity index (χ1) is 10.6. The van der Waals surface area contributed by atoms with Crippen LogP contribution in [0, 0.1) is 0 Å². The molecule has 1 saturated heterocycles. The molecule has 0 bridgehead atoms. The van der Waals surface area contributed by atoms with Crippen LogP contribution in [0.15, 0.2) is 54.6 Å². The van der Waals surface area contributed by atoms with Gasteiger partial charge in [-0.15, -0.1) is 0 Å². The average Bonchev–Trinajstić information content (AvgIpc) is 2.90. The van der Waals surface area contributed by atoms with Gasteiger partial charge in [0.2, 0.25) is 0 Å². The Morgan fingerprint density at radius 3 is 2.55 bits per heavy atom. The molecule has 2 aromatic carbocycles. The molecular weight excluding hydrogens is 298 g/mol. The number of rotatable bonds is 4. The summed E-state index contributed by atoms with van der Waals surface area (Å²) in [7, 11) is 2.00. The standard InChI is InChI=1S/C18H18ClNO2/c1-20-16(11-17(21)13-7-9-15(19)10-8-13)12-22-18(20)14-5-3-2-4-6-14/h2-10,16,18H,11-12H2,1H3/t16-,18+/m1/s1. The van der Waals surface area contributed by atoms with E-state index in [0.717, 1.165) is 5.56 Å². The fourth-order valence-corrected chi connectivity index (χ4v) is 2.87. The Balaban J connectivity index is 1.67. The Morgan fingerprint density at radius 2 is 1.86 bits per heavy atom. The van der Waals surface area contributed by atoms with Crippen molar-refractivity contribution in [1.29, 1.82) is 0 Å². The average molecular weight is 316 g/mol. The summed E-state index contributed by atoms with van der Waals surface area (Å²) in [6.07, 6.45) is 0.366. The van der Waals surface area contributed by atoms with E-state index in [1.54, 1.807) is 24.3 Å². The lowest BCUT2D eigenvalue weighted by Gasteiger charge is -2.23. The van der Waals surface area contributed by atoms with Gasteiger partial charge in [0, 0.05) is 23.0 Å². The van der Waals surface area contributed by atoms with Crippen molar-refractivity contribution in [3.05, 3.63) is 70.7 Å². The Bertz CT molecular complexity index is 642. The van der Waals surface area contributed by atoms with Crippen LogP contribution < -0.4 is 0 Å². The molecule has 0 unspecified atom stereocenters. The zero-order valence-electron chi connectivity index (χ0n) is 12.4. The molecule has 0 aliphatic carbocycles. The second kappa shape index (κ2) is 6.61. The van der Waals surface area contributed by atoms with Gasteiger partial charge in [-0.1, -0.05) is 41.9 Å². The summed E-state index contributed by atoms with van der Waals surface area (Å²) in [5.41, 5.74) is 1.81. The van der Waals surface area contributed by atoms with Gasteiger partial charge in [-0.25, -0.2) is 0 Å². The number of nitrogens with zero attached hydrogens (tertiary/aromatic N) is 1. The molecule has 1 fully saturated rings. The normalized spacial score (nSPS) is 21.9. The van der Waals surface area contributed by atoms with Gasteiger partial charge in [-0.3, -0.25) is 9.69 Å². The van der Waals surface area contributed by atoms with Crippen LogP contribution in [0.2, 0.25) is 5.02 Å². The summed E-state index contributed by atoms with van der Waals surface area (Å²) in [4.78, 5) is 14.5. The van der Waals surface area contributed by atoms with E-state index in [1.165, 1.54) is 0 Å². The van der Waals surface area contributed by atoms with Crippen molar-refractivity contribution < 1.29 is 9.53 Å². The van der Waals surface area contributed by atoms with Crippen molar-refractivity contribution in [1.82, 2.24) is 4.90 Å². The van der Waals surface area contributed by atoms with Crippen molar-refractivity contribution in [3.63, 3.8) is 0 Å². The lowest BCUT2D eigenvalue weighted by atomic mass is 10.0. The Kier molecular flexibility index (Phi) is 4.57. The van der Waals surface area contributed by atoms with E-state index in [2.05, 4.69) is 4.90 Å². The largest absolute Gasteiger partial charge is 0.357 e. The summed E-state index contributed by atoms with van der Waals surface area (Å²) in [5.74, 6) is 0.117. The molecule has 0 amide bonds. The molecule has 1 aliphatic rings. The number of Topliss-reactive ketones (excluding diaryl/α,β-unsaturated/α-hetero) is 1. The Hall–Kier alpha value is -1.68. The molecule has 0 N–H and O–H groups in total. The smallest absolute Gasteiger partial charge is 0.164 e. The monoisotopic (exact) mass is 315 g/mol. The van der Waals surface area contributed by atoms with E-state index in [9.17, 15) is 4.79 Å². The van der Waals surface area contributed by atoms with Gasteiger partial charge in [0.25, 0.3) is 0 Å². The fraction of sp³-hybridized carbons (Fsp3) is 0.278. The number of benzene rings is 2. The van der Waals surface area contributed by atoms with Crippen molar-refractivity contribution >= 4 is 17.4 Å². The highest BCUT2D eigenvalue weighted by atomic mass is 35.5. The van der Waals surface area contributed by atoms with E-state index in [-0.39, 0.29) is 18.1 Å². The van der Waals surface area contributed by atoms with Crippen molar-refractivity contribution in [3.8, 4) is 0 Å². The molecule has 3 nitrogen and oxygen atoms in total. The molecule has 114 valence electrons. The van der Waals surface area contributed by atoms with Crippen LogP contribution in [0.3, 0.4) is 0 Å². The first-order valence-electron chi connectivity index (χ1n) is 7.32. The number of hydrogen-bond acceptors (Lipinski definition) is 3. The van der Waals surface area contributed by atoms with Crippen LogP contribution in [-0.4, -0.2) is 30.4 Å². The Morgan fingerprint density at radius 1 is 1.18 bits per heavy atom. The molecule has 1 heterocycles. The van der Waals surface area contributed by atoms with Gasteiger partial charge < -0.3 is 4.74 Å². The van der Waals surface area contributed by atoms with Crippen LogP contribution in [-0.2, 0) is 4.74 Å². The number of ketones is 1. The first kappa shape index (κ1) is 15.2. The number of likely N-dealkylation sites (N-methyl/N-ethyl adjacent to an activating group) is 1. The zero-order chi connectivity index (χ0) is 15.5. The number of carbonyl (C=O) groups is 1. The van der Waals surface area contributed by atoms with E-state index in [0.29, 0.717) is 23.6 Å². The van der Waals surface area contributed by atoms with Gasteiger partial charge in [-0.2, -0.15) is 0 Å². The van der Waals surface area contributed by atoms with Crippen molar-refractivity contribution in [2.75, 3.05) is 13.7 Å². The van der Waals surface area contributed by atoms with Gasteiger partial charge in [0.1, 0.15) is 6.23 Å². The number of halogens is 1. The second-order valence-corrected chi connectivity index (χ2v) is 5.99. The molecule has 2 atom stereocenters. The third-order valence-electron chi connectivity index (χ3n) is 4.06. The molecule has 0 saturated carbocycles. The Labute approximate surface area is 135 Å². The maximum atomic E-state index is 12.4. The second-order valence-electron chi connectivity index (χ2n) is 5.55. The molecule has 0 radical (unpaired) electrons. The number of hydrogen-bond donors (Lipinski definition) is 0. The number of carbonyl (C=O) groups excluding carboxylic acids is 1. The molecule has 0 aromatic heterocycles. The summed E-state index contributed by atoms with van der Waals surface area (Å²) in [6, 6.07) is 17.2. The predicted octanol–water partition coefficient (Wildman–Crippen LogP) is 3.94. The molecule has 0 spiro atoms. The van der Waals surface area contributed by atoms with E-state index in [1.807, 2.05) is 37.4 Å². The fourth-order valence-electron chi connectivity index (χ4n) is 2.75. The summed E-state index contributed by atoms with van der Waals surface area (Å²) in [6.45, 7) is 0.565. The highest BCUT2D eigenvalue weighted by molar-refractivity contribution is 6.30. The quantitative estimate of drug-likeness (QED) is 0.800. The summed E-state index contributed by atoms with van der Waals surface area (Å²) in [5, 5.41) is 0.641. The summed E-state index contributed by atoms with van der Waals surface area (Å²) >= 11 is 5.86. The van der Waals surface area contributed by atoms with Gasteiger partial charge in [0.05, 0.1) is 6.61 Å². The maximum absolute atomic E-state index is 12.4. The highest BCUT2D eigenvalue weighted by Gasteiger charge is 2.33. The molecule has 2 aromatic rings.